The third kappa shape index (κ3) is 0.953. The number of aliphatic hydroxyl groups is 1. The van der Waals surface area contributed by atoms with Crippen LogP contribution in [0.5, 0.6) is 0 Å². The van der Waals surface area contributed by atoms with Crippen LogP contribution in [-0.2, 0) is 0 Å². The van der Waals surface area contributed by atoms with Crippen LogP contribution in [0, 0.1) is 5.92 Å². The Hall–Kier alpha value is -0.120. The van der Waals surface area contributed by atoms with Gasteiger partial charge in [-0.2, -0.15) is 0 Å². The molecule has 0 aromatic heterocycles. The van der Waals surface area contributed by atoms with Gasteiger partial charge in [0.2, 0.25) is 0 Å². The van der Waals surface area contributed by atoms with Crippen molar-refractivity contribution in [2.45, 2.75) is 36.8 Å². The van der Waals surface area contributed by atoms with Crippen molar-refractivity contribution in [2.24, 2.45) is 11.7 Å². The summed E-state index contributed by atoms with van der Waals surface area (Å²) in [7, 11) is 0. The van der Waals surface area contributed by atoms with Crippen LogP contribution in [0.3, 0.4) is 0 Å². The summed E-state index contributed by atoms with van der Waals surface area (Å²) >= 11 is 0. The fourth-order valence-corrected chi connectivity index (χ4v) is 3.17. The van der Waals surface area contributed by atoms with E-state index in [-0.39, 0.29) is 5.54 Å². The zero-order valence-corrected chi connectivity index (χ0v) is 8.00. The highest BCUT2D eigenvalue weighted by molar-refractivity contribution is 5.19. The Labute approximate surface area is 78.9 Å². The highest BCUT2D eigenvalue weighted by Crippen LogP contribution is 2.51. The van der Waals surface area contributed by atoms with Gasteiger partial charge in [-0.05, 0) is 44.7 Å². The summed E-state index contributed by atoms with van der Waals surface area (Å²) in [6.45, 7) is 3.17. The second kappa shape index (κ2) is 2.27. The molecule has 4 fully saturated rings. The highest BCUT2D eigenvalue weighted by atomic mass is 16.3. The average molecular weight is 182 g/mol. The standard InChI is InChI=1S/C10H18N2O/c11-9(3-4-9)10(13)7-12-5-1-8(10)2-6-12/h8,13H,1-7,11H2. The van der Waals surface area contributed by atoms with E-state index in [4.69, 9.17) is 5.73 Å². The van der Waals surface area contributed by atoms with Gasteiger partial charge in [0.05, 0.1) is 5.60 Å². The highest BCUT2D eigenvalue weighted by Gasteiger charge is 2.62. The lowest BCUT2D eigenvalue weighted by molar-refractivity contribution is -0.132. The Bertz CT molecular complexity index is 231. The molecule has 13 heavy (non-hydrogen) atoms. The van der Waals surface area contributed by atoms with Gasteiger partial charge >= 0.3 is 0 Å². The predicted octanol–water partition coefficient (Wildman–Crippen LogP) is -0.0656. The second-order valence-electron chi connectivity index (χ2n) is 5.13. The number of fused-ring (bicyclic) bond motifs is 3. The fraction of sp³-hybridized carbons (Fsp3) is 1.00. The molecule has 0 radical (unpaired) electrons. The van der Waals surface area contributed by atoms with Crippen molar-refractivity contribution in [3.63, 3.8) is 0 Å². The maximum Gasteiger partial charge on any atom is 0.0981 e. The van der Waals surface area contributed by atoms with Crippen molar-refractivity contribution in [1.29, 1.82) is 0 Å². The molecule has 0 aromatic carbocycles. The topological polar surface area (TPSA) is 49.5 Å². The quantitative estimate of drug-likeness (QED) is 0.597. The summed E-state index contributed by atoms with van der Waals surface area (Å²) in [4.78, 5) is 2.37. The SMILES string of the molecule is NC1(C2(O)CN3CCC2CC3)CC1. The summed E-state index contributed by atoms with van der Waals surface area (Å²) < 4.78 is 0. The molecule has 1 unspecified atom stereocenters. The van der Waals surface area contributed by atoms with E-state index >= 15 is 0 Å². The molecule has 0 amide bonds. The Kier molecular flexibility index (Phi) is 1.43. The summed E-state index contributed by atoms with van der Waals surface area (Å²) in [6, 6.07) is 0. The molecule has 3 heteroatoms. The minimum atomic E-state index is -0.552. The molecule has 4 rings (SSSR count). The van der Waals surface area contributed by atoms with E-state index in [9.17, 15) is 5.11 Å². The molecule has 3 N–H and O–H groups in total. The Balaban J connectivity index is 1.90. The van der Waals surface area contributed by atoms with E-state index in [0.29, 0.717) is 5.92 Å². The lowest BCUT2D eigenvalue weighted by Crippen LogP contribution is -2.67. The molecule has 1 saturated carbocycles. The second-order valence-corrected chi connectivity index (χ2v) is 5.13. The van der Waals surface area contributed by atoms with Gasteiger partial charge in [-0.15, -0.1) is 0 Å². The number of piperidine rings is 3. The van der Waals surface area contributed by atoms with E-state index < -0.39 is 5.60 Å². The van der Waals surface area contributed by atoms with Gasteiger partial charge in [-0.1, -0.05) is 0 Å². The Morgan fingerprint density at radius 2 is 1.85 bits per heavy atom. The number of hydrogen-bond donors (Lipinski definition) is 2. The largest absolute Gasteiger partial charge is 0.386 e. The average Bonchev–Trinajstić information content (AvgIpc) is 2.87. The first-order valence-electron chi connectivity index (χ1n) is 5.38. The smallest absolute Gasteiger partial charge is 0.0981 e. The normalized spacial score (nSPS) is 52.2. The van der Waals surface area contributed by atoms with E-state index in [1.807, 2.05) is 0 Å². The van der Waals surface area contributed by atoms with Gasteiger partial charge in [0.1, 0.15) is 0 Å². The van der Waals surface area contributed by atoms with Crippen LogP contribution in [0.4, 0.5) is 0 Å². The monoisotopic (exact) mass is 182 g/mol. The molecule has 3 heterocycles. The molecule has 3 nitrogen and oxygen atoms in total. The van der Waals surface area contributed by atoms with Crippen molar-refractivity contribution >= 4 is 0 Å². The van der Waals surface area contributed by atoms with Gasteiger partial charge in [0, 0.05) is 12.1 Å². The van der Waals surface area contributed by atoms with Crippen molar-refractivity contribution in [2.75, 3.05) is 19.6 Å². The van der Waals surface area contributed by atoms with E-state index in [0.717, 1.165) is 32.2 Å². The van der Waals surface area contributed by atoms with Gasteiger partial charge < -0.3 is 15.7 Å². The van der Waals surface area contributed by atoms with Crippen molar-refractivity contribution in [3.8, 4) is 0 Å². The molecule has 1 aliphatic carbocycles. The minimum Gasteiger partial charge on any atom is -0.386 e. The van der Waals surface area contributed by atoms with E-state index in [1.165, 1.54) is 13.1 Å². The van der Waals surface area contributed by atoms with Gasteiger partial charge in [0.25, 0.3) is 0 Å². The molecule has 0 spiro atoms. The Morgan fingerprint density at radius 1 is 1.23 bits per heavy atom. The maximum atomic E-state index is 10.6. The molecule has 0 aromatic rings. The van der Waals surface area contributed by atoms with Crippen LogP contribution < -0.4 is 5.73 Å². The number of nitrogens with zero attached hydrogens (tertiary/aromatic N) is 1. The fourth-order valence-electron chi connectivity index (χ4n) is 3.17. The molecule has 3 saturated heterocycles. The van der Waals surface area contributed by atoms with Gasteiger partial charge in [-0.25, -0.2) is 0 Å². The van der Waals surface area contributed by atoms with Crippen molar-refractivity contribution < 1.29 is 5.11 Å². The molecular formula is C10H18N2O. The van der Waals surface area contributed by atoms with Crippen LogP contribution in [0.25, 0.3) is 0 Å². The third-order valence-electron chi connectivity index (χ3n) is 4.38. The first kappa shape index (κ1) is 8.21. The molecule has 2 bridgehead atoms. The van der Waals surface area contributed by atoms with Crippen molar-refractivity contribution in [3.05, 3.63) is 0 Å². The van der Waals surface area contributed by atoms with Crippen LogP contribution in [0.15, 0.2) is 0 Å². The molecule has 4 aliphatic rings. The van der Waals surface area contributed by atoms with Crippen LogP contribution in [0.2, 0.25) is 0 Å². The van der Waals surface area contributed by atoms with E-state index in [1.54, 1.807) is 0 Å². The van der Waals surface area contributed by atoms with Gasteiger partial charge in [-0.3, -0.25) is 0 Å². The Morgan fingerprint density at radius 3 is 2.23 bits per heavy atom. The number of rotatable bonds is 1. The van der Waals surface area contributed by atoms with Crippen molar-refractivity contribution in [1.82, 2.24) is 4.90 Å². The van der Waals surface area contributed by atoms with Gasteiger partial charge in [0.15, 0.2) is 0 Å². The van der Waals surface area contributed by atoms with Crippen LogP contribution in [0.1, 0.15) is 25.7 Å². The maximum absolute atomic E-state index is 10.6. The lowest BCUT2D eigenvalue weighted by Gasteiger charge is -2.53. The summed E-state index contributed by atoms with van der Waals surface area (Å²) in [5.74, 6) is 0.477. The van der Waals surface area contributed by atoms with E-state index in [2.05, 4.69) is 4.90 Å². The predicted molar refractivity (Wildman–Crippen MR) is 50.3 cm³/mol. The lowest BCUT2D eigenvalue weighted by atomic mass is 9.70. The number of hydrogen-bond acceptors (Lipinski definition) is 3. The molecule has 3 aliphatic heterocycles. The minimum absolute atomic E-state index is 0.225. The molecule has 1 atom stereocenters. The van der Waals surface area contributed by atoms with Crippen LogP contribution >= 0.6 is 0 Å². The molecular weight excluding hydrogens is 164 g/mol. The summed E-state index contributed by atoms with van der Waals surface area (Å²) in [5, 5.41) is 10.6. The number of nitrogens with two attached hydrogens (primary N) is 1. The zero-order chi connectivity index (χ0) is 9.10. The third-order valence-corrected chi connectivity index (χ3v) is 4.38. The summed E-state index contributed by atoms with van der Waals surface area (Å²) in [6.07, 6.45) is 4.34. The molecule has 74 valence electrons. The first-order chi connectivity index (χ1) is 6.14. The first-order valence-corrected chi connectivity index (χ1v) is 5.38. The zero-order valence-electron chi connectivity index (χ0n) is 8.00. The summed E-state index contributed by atoms with van der Waals surface area (Å²) in [5.41, 5.74) is 5.39. The van der Waals surface area contributed by atoms with Crippen LogP contribution in [-0.4, -0.2) is 40.8 Å².